The highest BCUT2D eigenvalue weighted by molar-refractivity contribution is 6.02. The number of hydrogen-bond donors (Lipinski definition) is 2. The lowest BCUT2D eigenvalue weighted by Crippen LogP contribution is -2.40. The van der Waals surface area contributed by atoms with Crippen LogP contribution in [0.4, 0.5) is 24.7 Å². The zero-order valence-electron chi connectivity index (χ0n) is 17.1. The van der Waals surface area contributed by atoms with Crippen LogP contribution in [0.25, 0.3) is 0 Å². The van der Waals surface area contributed by atoms with E-state index < -0.39 is 23.4 Å². The van der Waals surface area contributed by atoms with Crippen molar-refractivity contribution in [2.24, 2.45) is 5.92 Å². The fourth-order valence-corrected chi connectivity index (χ4v) is 3.67. The van der Waals surface area contributed by atoms with E-state index in [4.69, 9.17) is 5.73 Å². The number of aromatic nitrogens is 2. The highest BCUT2D eigenvalue weighted by atomic mass is 19.4. The van der Waals surface area contributed by atoms with Gasteiger partial charge in [0.1, 0.15) is 17.1 Å². The van der Waals surface area contributed by atoms with Gasteiger partial charge >= 0.3 is 12.1 Å². The van der Waals surface area contributed by atoms with Crippen molar-refractivity contribution in [1.29, 1.82) is 0 Å². The first-order chi connectivity index (χ1) is 14.5. The minimum absolute atomic E-state index is 0.0518. The number of nitrogens with zero attached hydrogens (tertiary/aromatic N) is 2. The molecule has 0 atom stereocenters. The van der Waals surface area contributed by atoms with Crippen LogP contribution in [0.2, 0.25) is 0 Å². The third kappa shape index (κ3) is 5.09. The topological polar surface area (TPSA) is 110 Å². The Kier molecular flexibility index (Phi) is 6.14. The lowest BCUT2D eigenvalue weighted by molar-refractivity contribution is -0.274. The number of aryl methyl sites for hydroxylation is 1. The van der Waals surface area contributed by atoms with Crippen LogP contribution in [-0.2, 0) is 13.0 Å². The number of anilines is 2. The van der Waals surface area contributed by atoms with Gasteiger partial charge < -0.3 is 15.4 Å². The molecule has 3 rings (SSSR count). The third-order valence-electron chi connectivity index (χ3n) is 4.90. The fraction of sp³-hybridized carbons (Fsp3) is 0.450. The van der Waals surface area contributed by atoms with Crippen molar-refractivity contribution >= 4 is 17.3 Å². The zero-order valence-corrected chi connectivity index (χ0v) is 17.1. The van der Waals surface area contributed by atoms with E-state index in [-0.39, 0.29) is 36.1 Å². The van der Waals surface area contributed by atoms with E-state index in [0.29, 0.717) is 30.6 Å². The van der Waals surface area contributed by atoms with Gasteiger partial charge in [-0.1, -0.05) is 13.8 Å². The maximum atomic E-state index is 12.9. The minimum atomic E-state index is -4.80. The average Bonchev–Trinajstić information content (AvgIpc) is 2.63. The summed E-state index contributed by atoms with van der Waals surface area (Å²) in [4.78, 5) is 41.1. The van der Waals surface area contributed by atoms with Crippen molar-refractivity contribution in [2.75, 3.05) is 23.7 Å². The molecule has 2 heterocycles. The molecule has 0 radical (unpaired) electrons. The van der Waals surface area contributed by atoms with Gasteiger partial charge in [-0.3, -0.25) is 19.1 Å². The van der Waals surface area contributed by atoms with Crippen LogP contribution in [-0.4, -0.2) is 34.8 Å². The van der Waals surface area contributed by atoms with Crippen LogP contribution in [0, 0.1) is 5.92 Å². The Hall–Kier alpha value is -3.24. The molecule has 1 aromatic carbocycles. The van der Waals surface area contributed by atoms with Gasteiger partial charge in [-0.15, -0.1) is 13.2 Å². The second-order valence-electron chi connectivity index (χ2n) is 7.81. The number of Topliss-reactive ketones (excluding diaryl/α,β-unsaturated/α-hetero) is 1. The van der Waals surface area contributed by atoms with E-state index in [1.165, 1.54) is 18.2 Å². The van der Waals surface area contributed by atoms with Crippen molar-refractivity contribution in [3.63, 3.8) is 0 Å². The van der Waals surface area contributed by atoms with Gasteiger partial charge in [0, 0.05) is 18.8 Å². The lowest BCUT2D eigenvalue weighted by Gasteiger charge is -2.31. The van der Waals surface area contributed by atoms with E-state index in [0.717, 1.165) is 4.57 Å². The van der Waals surface area contributed by atoms with Crippen LogP contribution in [0.3, 0.4) is 0 Å². The summed E-state index contributed by atoms with van der Waals surface area (Å²) < 4.78 is 42.6. The molecule has 0 unspecified atom stereocenters. The van der Waals surface area contributed by atoms with Gasteiger partial charge in [0.15, 0.2) is 5.78 Å². The number of ether oxygens (including phenoxy) is 1. The molecule has 0 saturated heterocycles. The molecule has 0 fully saturated rings. The molecular weight excluding hydrogens is 417 g/mol. The number of fused-ring (bicyclic) bond motifs is 1. The number of carbonyl (C=O) groups excluding carboxylic acids is 1. The third-order valence-corrected chi connectivity index (χ3v) is 4.90. The number of halogens is 3. The molecule has 1 aliphatic rings. The van der Waals surface area contributed by atoms with Crippen molar-refractivity contribution in [3.8, 4) is 5.75 Å². The predicted octanol–water partition coefficient (Wildman–Crippen LogP) is 2.31. The van der Waals surface area contributed by atoms with Gasteiger partial charge in [-0.2, -0.15) is 0 Å². The Bertz CT molecular complexity index is 1110. The SMILES string of the molecule is CC(C)Cn1c(N)c(C(=O)CN2CCCc3cc(OC(F)(F)F)ccc32)c(=O)[nH]c1=O. The van der Waals surface area contributed by atoms with Crippen molar-refractivity contribution < 1.29 is 22.7 Å². The smallest absolute Gasteiger partial charge is 0.406 e. The second kappa shape index (κ2) is 8.48. The number of rotatable bonds is 6. The molecule has 2 aromatic rings. The summed E-state index contributed by atoms with van der Waals surface area (Å²) in [5, 5.41) is 0. The summed E-state index contributed by atoms with van der Waals surface area (Å²) >= 11 is 0. The molecule has 0 bridgehead atoms. The number of nitrogens with one attached hydrogen (secondary N) is 1. The molecule has 0 amide bonds. The Balaban J connectivity index is 1.89. The average molecular weight is 440 g/mol. The normalized spacial score (nSPS) is 13.9. The van der Waals surface area contributed by atoms with Gasteiger partial charge in [0.05, 0.1) is 6.54 Å². The van der Waals surface area contributed by atoms with E-state index in [9.17, 15) is 27.6 Å². The van der Waals surface area contributed by atoms with Crippen molar-refractivity contribution in [1.82, 2.24) is 9.55 Å². The first-order valence-electron chi connectivity index (χ1n) is 9.75. The maximum Gasteiger partial charge on any atom is 0.573 e. The zero-order chi connectivity index (χ0) is 22.9. The standard InChI is InChI=1S/C20H23F3N4O4/c1-11(2)9-27-17(24)16(18(29)25-19(27)30)15(28)10-26-7-3-4-12-8-13(5-6-14(12)26)31-20(21,22)23/h5-6,8,11H,3-4,7,9-10,24H2,1-2H3,(H,25,29,30). The highest BCUT2D eigenvalue weighted by Crippen LogP contribution is 2.32. The molecule has 1 aromatic heterocycles. The molecule has 0 spiro atoms. The maximum absolute atomic E-state index is 12.9. The quantitative estimate of drug-likeness (QED) is 0.667. The molecule has 31 heavy (non-hydrogen) atoms. The minimum Gasteiger partial charge on any atom is -0.406 e. The molecule has 1 aliphatic heterocycles. The summed E-state index contributed by atoms with van der Waals surface area (Å²) in [5.74, 6) is -1.06. The fourth-order valence-electron chi connectivity index (χ4n) is 3.67. The number of H-pyrrole nitrogens is 1. The van der Waals surface area contributed by atoms with Gasteiger partial charge in [-0.25, -0.2) is 4.79 Å². The second-order valence-corrected chi connectivity index (χ2v) is 7.81. The van der Waals surface area contributed by atoms with E-state index in [1.54, 1.807) is 4.90 Å². The molecule has 0 saturated carbocycles. The van der Waals surface area contributed by atoms with Crippen LogP contribution >= 0.6 is 0 Å². The number of aromatic amines is 1. The first kappa shape index (κ1) is 22.4. The largest absolute Gasteiger partial charge is 0.573 e. The van der Waals surface area contributed by atoms with Crippen LogP contribution in [0.5, 0.6) is 5.75 Å². The number of nitrogens with two attached hydrogens (primary N) is 1. The Morgan fingerprint density at radius 1 is 1.29 bits per heavy atom. The van der Waals surface area contributed by atoms with Gasteiger partial charge in [-0.05, 0) is 42.5 Å². The molecule has 11 heteroatoms. The molecule has 168 valence electrons. The summed E-state index contributed by atoms with van der Waals surface area (Å²) in [6, 6.07) is 3.93. The van der Waals surface area contributed by atoms with E-state index in [2.05, 4.69) is 9.72 Å². The van der Waals surface area contributed by atoms with Gasteiger partial charge in [0.25, 0.3) is 5.56 Å². The summed E-state index contributed by atoms with van der Waals surface area (Å²) in [6.45, 7) is 4.22. The molecule has 3 N–H and O–H groups in total. The number of carbonyl (C=O) groups is 1. The van der Waals surface area contributed by atoms with E-state index >= 15 is 0 Å². The predicted molar refractivity (Wildman–Crippen MR) is 109 cm³/mol. The highest BCUT2D eigenvalue weighted by Gasteiger charge is 2.32. The van der Waals surface area contributed by atoms with Crippen molar-refractivity contribution in [2.45, 2.75) is 39.6 Å². The molecular formula is C20H23F3N4O4. The number of ketones is 1. The first-order valence-corrected chi connectivity index (χ1v) is 9.75. The van der Waals surface area contributed by atoms with Crippen LogP contribution in [0.1, 0.15) is 36.2 Å². The number of alkyl halides is 3. The molecule has 0 aliphatic carbocycles. The summed E-state index contributed by atoms with van der Waals surface area (Å²) in [6.07, 6.45) is -3.66. The monoisotopic (exact) mass is 440 g/mol. The van der Waals surface area contributed by atoms with E-state index in [1.807, 2.05) is 13.8 Å². The number of hydrogen-bond acceptors (Lipinski definition) is 6. The molecule has 8 nitrogen and oxygen atoms in total. The van der Waals surface area contributed by atoms with Crippen LogP contribution in [0.15, 0.2) is 27.8 Å². The summed E-state index contributed by atoms with van der Waals surface area (Å²) in [7, 11) is 0. The van der Waals surface area contributed by atoms with Crippen LogP contribution < -0.4 is 26.6 Å². The number of nitrogen functional groups attached to an aromatic ring is 1. The lowest BCUT2D eigenvalue weighted by atomic mass is 10.0. The van der Waals surface area contributed by atoms with Gasteiger partial charge in [0.2, 0.25) is 0 Å². The van der Waals surface area contributed by atoms with Crippen molar-refractivity contribution in [3.05, 3.63) is 50.2 Å². The Morgan fingerprint density at radius 2 is 2.00 bits per heavy atom. The Morgan fingerprint density at radius 3 is 2.65 bits per heavy atom. The Labute approximate surface area is 175 Å². The number of benzene rings is 1. The summed E-state index contributed by atoms with van der Waals surface area (Å²) in [5.41, 5.74) is 5.33.